The molecule has 4 rings (SSSR count). The van der Waals surface area contributed by atoms with E-state index < -0.39 is 0 Å². The zero-order valence-corrected chi connectivity index (χ0v) is 17.1. The normalized spacial score (nSPS) is 10.9. The van der Waals surface area contributed by atoms with Crippen LogP contribution < -0.4 is 5.32 Å². The molecule has 0 atom stereocenters. The molecule has 0 saturated carbocycles. The lowest BCUT2D eigenvalue weighted by Crippen LogP contribution is -2.14. The van der Waals surface area contributed by atoms with Gasteiger partial charge in [-0.1, -0.05) is 24.3 Å². The lowest BCUT2D eigenvalue weighted by molar-refractivity contribution is 0.102. The summed E-state index contributed by atoms with van der Waals surface area (Å²) in [6, 6.07) is 19.3. The number of carbonyl (C=O) groups excluding carboxylic acids is 1. The lowest BCUT2D eigenvalue weighted by Gasteiger charge is -2.10. The van der Waals surface area contributed by atoms with Crippen LogP contribution in [0.5, 0.6) is 0 Å². The van der Waals surface area contributed by atoms with Gasteiger partial charge < -0.3 is 9.73 Å². The molecular formula is C22H17IN2O2. The van der Waals surface area contributed by atoms with Crippen LogP contribution in [0.4, 0.5) is 5.69 Å². The predicted molar refractivity (Wildman–Crippen MR) is 116 cm³/mol. The van der Waals surface area contributed by atoms with E-state index in [-0.39, 0.29) is 5.91 Å². The Balaban J connectivity index is 1.68. The molecule has 1 aromatic heterocycles. The van der Waals surface area contributed by atoms with Gasteiger partial charge in [-0.25, -0.2) is 4.98 Å². The van der Waals surface area contributed by atoms with Crippen molar-refractivity contribution >= 4 is 45.3 Å². The van der Waals surface area contributed by atoms with E-state index in [9.17, 15) is 4.79 Å². The van der Waals surface area contributed by atoms with Gasteiger partial charge in [-0.2, -0.15) is 0 Å². The van der Waals surface area contributed by atoms with Crippen molar-refractivity contribution in [2.45, 2.75) is 13.8 Å². The van der Waals surface area contributed by atoms with Crippen LogP contribution >= 0.6 is 22.6 Å². The Kier molecular flexibility index (Phi) is 4.70. The number of aromatic nitrogens is 1. The molecule has 0 spiro atoms. The number of halogens is 1. The Labute approximate surface area is 170 Å². The van der Waals surface area contributed by atoms with Gasteiger partial charge in [-0.3, -0.25) is 4.79 Å². The van der Waals surface area contributed by atoms with E-state index in [2.05, 4.69) is 32.9 Å². The first kappa shape index (κ1) is 17.7. The van der Waals surface area contributed by atoms with Gasteiger partial charge in [0.15, 0.2) is 5.58 Å². The van der Waals surface area contributed by atoms with Gasteiger partial charge >= 0.3 is 0 Å². The Morgan fingerprint density at radius 3 is 2.67 bits per heavy atom. The Bertz CT molecular complexity index is 1160. The van der Waals surface area contributed by atoms with Gasteiger partial charge in [0, 0.05) is 14.8 Å². The molecule has 1 N–H and O–H groups in total. The largest absolute Gasteiger partial charge is 0.436 e. The molecule has 1 heterocycles. The molecule has 0 fully saturated rings. The number of anilines is 1. The Morgan fingerprint density at radius 1 is 1.04 bits per heavy atom. The van der Waals surface area contributed by atoms with Crippen molar-refractivity contribution in [1.29, 1.82) is 0 Å². The van der Waals surface area contributed by atoms with E-state index in [0.717, 1.165) is 37.0 Å². The molecule has 0 radical (unpaired) electrons. The van der Waals surface area contributed by atoms with Crippen molar-refractivity contribution in [1.82, 2.24) is 4.98 Å². The van der Waals surface area contributed by atoms with Gasteiger partial charge in [-0.05, 0) is 84.0 Å². The average molecular weight is 468 g/mol. The summed E-state index contributed by atoms with van der Waals surface area (Å²) < 4.78 is 6.80. The van der Waals surface area contributed by atoms with Crippen LogP contribution in [0.2, 0.25) is 0 Å². The number of oxazole rings is 1. The second kappa shape index (κ2) is 7.15. The van der Waals surface area contributed by atoms with Crippen LogP contribution in [0.1, 0.15) is 21.5 Å². The molecule has 0 bridgehead atoms. The monoisotopic (exact) mass is 468 g/mol. The number of rotatable bonds is 3. The van der Waals surface area contributed by atoms with Crippen molar-refractivity contribution in [3.63, 3.8) is 0 Å². The quantitative estimate of drug-likeness (QED) is 0.377. The summed E-state index contributed by atoms with van der Waals surface area (Å²) in [7, 11) is 0. The average Bonchev–Trinajstić information content (AvgIpc) is 3.07. The molecule has 4 nitrogen and oxygen atoms in total. The number of carbonyl (C=O) groups is 1. The van der Waals surface area contributed by atoms with Gasteiger partial charge in [0.1, 0.15) is 5.52 Å². The molecule has 0 aliphatic rings. The topological polar surface area (TPSA) is 55.1 Å². The molecule has 0 unspecified atom stereocenters. The summed E-state index contributed by atoms with van der Waals surface area (Å²) in [6.07, 6.45) is 0. The predicted octanol–water partition coefficient (Wildman–Crippen LogP) is 5.97. The first-order chi connectivity index (χ1) is 13.0. The van der Waals surface area contributed by atoms with Gasteiger partial charge in [0.2, 0.25) is 5.89 Å². The molecule has 0 aliphatic carbocycles. The third-order valence-corrected chi connectivity index (χ3v) is 5.33. The fourth-order valence-electron chi connectivity index (χ4n) is 2.89. The van der Waals surface area contributed by atoms with Crippen molar-refractivity contribution in [2.24, 2.45) is 0 Å². The number of hydrogen-bond acceptors (Lipinski definition) is 3. The number of benzene rings is 3. The van der Waals surface area contributed by atoms with Crippen LogP contribution in [-0.4, -0.2) is 10.9 Å². The second-order valence-electron chi connectivity index (χ2n) is 6.45. The van der Waals surface area contributed by atoms with E-state index in [1.54, 1.807) is 0 Å². The maximum absolute atomic E-state index is 12.7. The van der Waals surface area contributed by atoms with Crippen molar-refractivity contribution in [3.05, 3.63) is 80.9 Å². The minimum atomic E-state index is -0.131. The first-order valence-electron chi connectivity index (χ1n) is 8.55. The molecule has 1 amide bonds. The summed E-state index contributed by atoms with van der Waals surface area (Å²) in [5, 5.41) is 3.01. The summed E-state index contributed by atoms with van der Waals surface area (Å²) >= 11 is 2.17. The van der Waals surface area contributed by atoms with E-state index in [1.165, 1.54) is 0 Å². The van der Waals surface area contributed by atoms with Crippen molar-refractivity contribution < 1.29 is 9.21 Å². The second-order valence-corrected chi connectivity index (χ2v) is 7.62. The highest BCUT2D eigenvalue weighted by molar-refractivity contribution is 14.1. The molecule has 5 heteroatoms. The zero-order valence-electron chi connectivity index (χ0n) is 14.9. The summed E-state index contributed by atoms with van der Waals surface area (Å²) in [5.74, 6) is 0.411. The molecule has 27 heavy (non-hydrogen) atoms. The van der Waals surface area contributed by atoms with Crippen molar-refractivity contribution in [2.75, 3.05) is 5.32 Å². The first-order valence-corrected chi connectivity index (χ1v) is 9.63. The molecule has 3 aromatic carbocycles. The van der Waals surface area contributed by atoms with Crippen LogP contribution in [0, 0.1) is 17.4 Å². The minimum Gasteiger partial charge on any atom is -0.436 e. The number of aryl methyl sites for hydroxylation is 2. The molecule has 0 aliphatic heterocycles. The van der Waals surface area contributed by atoms with Gasteiger partial charge in [0.25, 0.3) is 5.91 Å². The Hall–Kier alpha value is -2.67. The highest BCUT2D eigenvalue weighted by atomic mass is 127. The van der Waals surface area contributed by atoms with E-state index in [0.29, 0.717) is 11.5 Å². The fraction of sp³-hybridized carbons (Fsp3) is 0.0909. The molecular weight excluding hydrogens is 451 g/mol. The number of nitrogens with zero attached hydrogens (tertiary/aromatic N) is 1. The highest BCUT2D eigenvalue weighted by Crippen LogP contribution is 2.28. The molecule has 0 saturated heterocycles. The van der Waals surface area contributed by atoms with E-state index in [1.807, 2.05) is 74.5 Å². The maximum atomic E-state index is 12.7. The summed E-state index contributed by atoms with van der Waals surface area (Å²) in [4.78, 5) is 17.2. The van der Waals surface area contributed by atoms with Crippen LogP contribution in [0.25, 0.3) is 22.6 Å². The summed E-state index contributed by atoms with van der Waals surface area (Å²) in [5.41, 5.74) is 5.92. The zero-order chi connectivity index (χ0) is 19.0. The SMILES string of the molecule is Cc1ccc2oc(-c3ccc(C)c(NC(=O)c4ccccc4I)c3)nc2c1. The van der Waals surface area contributed by atoms with Crippen LogP contribution in [0.15, 0.2) is 65.1 Å². The molecule has 134 valence electrons. The lowest BCUT2D eigenvalue weighted by atomic mass is 10.1. The third-order valence-electron chi connectivity index (χ3n) is 4.39. The molecule has 4 aromatic rings. The van der Waals surface area contributed by atoms with Gasteiger partial charge in [0.05, 0.1) is 5.56 Å². The Morgan fingerprint density at radius 2 is 1.85 bits per heavy atom. The third kappa shape index (κ3) is 3.60. The standard InChI is InChI=1S/C22H17IN2O2/c1-13-7-10-20-19(11-13)25-22(27-20)15-9-8-14(2)18(12-15)24-21(26)16-5-3-4-6-17(16)23/h3-12H,1-2H3,(H,24,26). The number of fused-ring (bicyclic) bond motifs is 1. The highest BCUT2D eigenvalue weighted by Gasteiger charge is 2.14. The maximum Gasteiger partial charge on any atom is 0.256 e. The smallest absolute Gasteiger partial charge is 0.256 e. The summed E-state index contributed by atoms with van der Waals surface area (Å²) in [6.45, 7) is 3.99. The van der Waals surface area contributed by atoms with E-state index in [4.69, 9.17) is 4.42 Å². The minimum absolute atomic E-state index is 0.131. The van der Waals surface area contributed by atoms with Crippen molar-refractivity contribution in [3.8, 4) is 11.5 Å². The van der Waals surface area contributed by atoms with Crippen LogP contribution in [-0.2, 0) is 0 Å². The van der Waals surface area contributed by atoms with Crippen LogP contribution in [0.3, 0.4) is 0 Å². The van der Waals surface area contributed by atoms with Gasteiger partial charge in [-0.15, -0.1) is 0 Å². The number of amides is 1. The fourth-order valence-corrected chi connectivity index (χ4v) is 3.52. The number of hydrogen-bond donors (Lipinski definition) is 1. The van der Waals surface area contributed by atoms with E-state index >= 15 is 0 Å². The number of nitrogens with one attached hydrogen (secondary N) is 1.